The van der Waals surface area contributed by atoms with Gasteiger partial charge in [0.05, 0.1) is 0 Å². The minimum absolute atomic E-state index is 0.448. The van der Waals surface area contributed by atoms with Crippen molar-refractivity contribution in [1.82, 2.24) is 0 Å². The fourth-order valence-corrected chi connectivity index (χ4v) is 5.76. The van der Waals surface area contributed by atoms with Crippen LogP contribution in [0.1, 0.15) is 52.5 Å². The molecule has 1 N–H and O–H groups in total. The predicted molar refractivity (Wildman–Crippen MR) is 149 cm³/mol. The summed E-state index contributed by atoms with van der Waals surface area (Å²) >= 11 is 0. The number of hydrogen-bond acceptors (Lipinski definition) is 2. The van der Waals surface area contributed by atoms with Crippen molar-refractivity contribution in [3.63, 3.8) is 0 Å². The second kappa shape index (κ2) is 10.7. The van der Waals surface area contributed by atoms with Crippen molar-refractivity contribution in [2.45, 2.75) is 31.2 Å². The Kier molecular flexibility index (Phi) is 6.99. The number of nitrogens with one attached hydrogen (secondary N) is 1. The van der Waals surface area contributed by atoms with E-state index < -0.39 is 0 Å². The molecule has 0 spiro atoms. The summed E-state index contributed by atoms with van der Waals surface area (Å²) in [5, 5.41) is 3.75. The van der Waals surface area contributed by atoms with E-state index in [-0.39, 0.29) is 0 Å². The molecule has 2 aliphatic heterocycles. The Morgan fingerprint density at radius 1 is 0.657 bits per heavy atom. The number of anilines is 2. The summed E-state index contributed by atoms with van der Waals surface area (Å²) in [5.41, 5.74) is 9.87. The summed E-state index contributed by atoms with van der Waals surface area (Å²) < 4.78 is 0. The van der Waals surface area contributed by atoms with Gasteiger partial charge in [0.15, 0.2) is 0 Å². The molecule has 2 heterocycles. The van der Waals surface area contributed by atoms with Crippen LogP contribution >= 0.6 is 0 Å². The molecule has 6 rings (SSSR count). The molecule has 0 aliphatic carbocycles. The molecule has 2 aliphatic rings. The van der Waals surface area contributed by atoms with Crippen molar-refractivity contribution in [3.05, 3.63) is 144 Å². The lowest BCUT2D eigenvalue weighted by atomic mass is 9.76. The lowest BCUT2D eigenvalue weighted by molar-refractivity contribution is 0.571. The van der Waals surface area contributed by atoms with Crippen LogP contribution in [0.3, 0.4) is 0 Å². The molecule has 4 aromatic rings. The molecule has 0 saturated carbocycles. The van der Waals surface area contributed by atoms with Gasteiger partial charge in [-0.3, -0.25) is 0 Å². The van der Waals surface area contributed by atoms with Gasteiger partial charge in [-0.15, -0.1) is 13.2 Å². The van der Waals surface area contributed by atoms with Crippen molar-refractivity contribution >= 4 is 11.4 Å². The van der Waals surface area contributed by atoms with Crippen molar-refractivity contribution in [3.8, 4) is 0 Å². The third kappa shape index (κ3) is 4.74. The average molecular weight is 459 g/mol. The zero-order valence-corrected chi connectivity index (χ0v) is 20.4. The summed E-state index contributed by atoms with van der Waals surface area (Å²) in [7, 11) is 0. The zero-order chi connectivity index (χ0) is 24.0. The topological polar surface area (TPSA) is 15.3 Å². The second-order valence-corrected chi connectivity index (χ2v) is 9.33. The van der Waals surface area contributed by atoms with Gasteiger partial charge in [-0.1, -0.05) is 91.0 Å². The van der Waals surface area contributed by atoms with Crippen molar-refractivity contribution < 1.29 is 0 Å². The molecule has 0 amide bonds. The van der Waals surface area contributed by atoms with Crippen LogP contribution in [0.5, 0.6) is 0 Å². The molecule has 0 bridgehead atoms. The van der Waals surface area contributed by atoms with Gasteiger partial charge in [-0.25, -0.2) is 0 Å². The van der Waals surface area contributed by atoms with E-state index >= 15 is 0 Å². The normalized spacial score (nSPS) is 18.1. The summed E-state index contributed by atoms with van der Waals surface area (Å²) in [6.07, 6.45) is 2.35. The third-order valence-electron chi connectivity index (χ3n) is 7.35. The van der Waals surface area contributed by atoms with Gasteiger partial charge in [0.2, 0.25) is 0 Å². The highest BCUT2D eigenvalue weighted by molar-refractivity contribution is 5.73. The molecule has 2 unspecified atom stereocenters. The summed E-state index contributed by atoms with van der Waals surface area (Å²) in [5.74, 6) is 0.897. The smallest absolute Gasteiger partial charge is 0.0445 e. The summed E-state index contributed by atoms with van der Waals surface area (Å²) in [6, 6.07) is 37.7. The lowest BCUT2D eigenvalue weighted by Crippen LogP contribution is -2.37. The maximum absolute atomic E-state index is 3.75. The van der Waals surface area contributed by atoms with E-state index in [1.54, 1.807) is 0 Å². The van der Waals surface area contributed by atoms with Crippen LogP contribution in [-0.4, -0.2) is 13.1 Å². The first kappa shape index (κ1) is 23.0. The first-order chi connectivity index (χ1) is 17.4. The van der Waals surface area contributed by atoms with Crippen LogP contribution in [0.25, 0.3) is 0 Å². The van der Waals surface area contributed by atoms with E-state index in [1.165, 1.54) is 52.0 Å². The Balaban J connectivity index is 0.00000124. The number of rotatable bonds is 5. The second-order valence-electron chi connectivity index (χ2n) is 9.33. The van der Waals surface area contributed by atoms with Gasteiger partial charge in [0.25, 0.3) is 0 Å². The average Bonchev–Trinajstić information content (AvgIpc) is 2.95. The molecule has 35 heavy (non-hydrogen) atoms. The fraction of sp³-hybridized carbons (Fsp3) is 0.212. The highest BCUT2D eigenvalue weighted by Crippen LogP contribution is 2.49. The van der Waals surface area contributed by atoms with E-state index in [9.17, 15) is 0 Å². The van der Waals surface area contributed by atoms with Crippen molar-refractivity contribution in [2.24, 2.45) is 0 Å². The molecule has 2 nitrogen and oxygen atoms in total. The minimum atomic E-state index is 0.448. The van der Waals surface area contributed by atoms with Gasteiger partial charge in [-0.2, -0.15) is 0 Å². The van der Waals surface area contributed by atoms with Crippen molar-refractivity contribution in [1.29, 1.82) is 0 Å². The highest BCUT2D eigenvalue weighted by atomic mass is 15.1. The van der Waals surface area contributed by atoms with Gasteiger partial charge in [0, 0.05) is 42.8 Å². The number of hydrogen-bond donors (Lipinski definition) is 1. The quantitative estimate of drug-likeness (QED) is 0.305. The Bertz CT molecular complexity index is 1160. The maximum atomic E-state index is 3.75. The van der Waals surface area contributed by atoms with E-state index in [0.717, 1.165) is 19.6 Å². The van der Waals surface area contributed by atoms with Gasteiger partial charge in [0.1, 0.15) is 0 Å². The molecule has 4 aromatic carbocycles. The maximum Gasteiger partial charge on any atom is 0.0445 e. The minimum Gasteiger partial charge on any atom is -0.381 e. The largest absolute Gasteiger partial charge is 0.381 e. The number of nitrogens with zero attached hydrogens (tertiary/aromatic N) is 1. The van der Waals surface area contributed by atoms with Crippen LogP contribution in [0.2, 0.25) is 0 Å². The molecular weight excluding hydrogens is 424 g/mol. The van der Waals surface area contributed by atoms with Gasteiger partial charge >= 0.3 is 0 Å². The molecule has 0 radical (unpaired) electrons. The predicted octanol–water partition coefficient (Wildman–Crippen LogP) is 7.98. The Labute approximate surface area is 210 Å². The van der Waals surface area contributed by atoms with Crippen LogP contribution < -0.4 is 10.2 Å². The first-order valence-corrected chi connectivity index (χ1v) is 12.7. The summed E-state index contributed by atoms with van der Waals surface area (Å²) in [6.45, 7) is 9.12. The van der Waals surface area contributed by atoms with Crippen molar-refractivity contribution in [2.75, 3.05) is 23.3 Å². The molecule has 0 aromatic heterocycles. The SMILES string of the molecule is C=C.c1ccc(CNc2cc3c4c(c2)C(c2ccccc2)CCN4CCC3c2ccccc2)cc1. The monoisotopic (exact) mass is 458 g/mol. The van der Waals surface area contributed by atoms with E-state index in [1.807, 2.05) is 0 Å². The van der Waals surface area contributed by atoms with Crippen LogP contribution in [0.4, 0.5) is 11.4 Å². The van der Waals surface area contributed by atoms with E-state index in [4.69, 9.17) is 0 Å². The van der Waals surface area contributed by atoms with E-state index in [2.05, 4.69) is 127 Å². The highest BCUT2D eigenvalue weighted by Gasteiger charge is 2.35. The molecule has 176 valence electrons. The zero-order valence-electron chi connectivity index (χ0n) is 20.4. The fourth-order valence-electron chi connectivity index (χ4n) is 5.76. The Morgan fingerprint density at radius 3 is 1.60 bits per heavy atom. The number of benzene rings is 4. The first-order valence-electron chi connectivity index (χ1n) is 12.7. The molecule has 2 heteroatoms. The Morgan fingerprint density at radius 2 is 1.11 bits per heavy atom. The summed E-state index contributed by atoms with van der Waals surface area (Å²) in [4.78, 5) is 2.64. The van der Waals surface area contributed by atoms with Gasteiger partial charge < -0.3 is 10.2 Å². The lowest BCUT2D eigenvalue weighted by Gasteiger charge is -2.43. The molecule has 2 atom stereocenters. The molecule has 0 fully saturated rings. The third-order valence-corrected chi connectivity index (χ3v) is 7.35. The molecule has 0 saturated heterocycles. The van der Waals surface area contributed by atoms with Gasteiger partial charge in [-0.05, 0) is 52.8 Å². The molecular formula is C33H34N2. The van der Waals surface area contributed by atoms with Crippen LogP contribution in [0, 0.1) is 0 Å². The van der Waals surface area contributed by atoms with Crippen LogP contribution in [0.15, 0.2) is 116 Å². The standard InChI is InChI=1S/C31H30N2.C2H4/c1-4-10-23(11-5-1)22-32-26-20-29-27(24-12-6-2-7-13-24)16-18-33-19-17-28(30(21-26)31(29)33)25-14-8-3-9-15-25;1-2/h1-15,20-21,27-28,32H,16-19,22H2;1-2H2. The van der Waals surface area contributed by atoms with E-state index in [0.29, 0.717) is 11.8 Å². The Hall–Kier alpha value is -3.78. The van der Waals surface area contributed by atoms with Crippen LogP contribution in [-0.2, 0) is 6.54 Å².